The van der Waals surface area contributed by atoms with Gasteiger partial charge in [-0.2, -0.15) is 0 Å². The van der Waals surface area contributed by atoms with Crippen LogP contribution in [0.1, 0.15) is 59.4 Å². The van der Waals surface area contributed by atoms with Crippen LogP contribution < -0.4 is 0 Å². The molecule has 5 nitrogen and oxygen atoms in total. The Morgan fingerprint density at radius 3 is 2.00 bits per heavy atom. The predicted molar refractivity (Wildman–Crippen MR) is 106 cm³/mol. The summed E-state index contributed by atoms with van der Waals surface area (Å²) < 4.78 is 5.21. The van der Waals surface area contributed by atoms with Crippen molar-refractivity contribution >= 4 is 17.7 Å². The van der Waals surface area contributed by atoms with Crippen LogP contribution in [0.25, 0.3) is 0 Å². The number of ketones is 1. The maximum absolute atomic E-state index is 12.5. The molecule has 28 heavy (non-hydrogen) atoms. The van der Waals surface area contributed by atoms with Crippen molar-refractivity contribution in [2.24, 2.45) is 0 Å². The van der Waals surface area contributed by atoms with E-state index in [1.807, 2.05) is 24.8 Å². The summed E-state index contributed by atoms with van der Waals surface area (Å²) in [4.78, 5) is 39.0. The van der Waals surface area contributed by atoms with Crippen molar-refractivity contribution in [3.05, 3.63) is 71.3 Å². The van der Waals surface area contributed by atoms with Gasteiger partial charge in [-0.1, -0.05) is 42.5 Å². The lowest BCUT2D eigenvalue weighted by Crippen LogP contribution is -2.49. The number of hydrogen-bond donors (Lipinski definition) is 0. The number of hydrogen-bond acceptors (Lipinski definition) is 4. The fourth-order valence-corrected chi connectivity index (χ4v) is 3.71. The van der Waals surface area contributed by atoms with Crippen molar-refractivity contribution < 1.29 is 19.1 Å². The number of amides is 1. The number of piperidine rings is 1. The van der Waals surface area contributed by atoms with Crippen LogP contribution in [0.4, 0.5) is 0 Å². The summed E-state index contributed by atoms with van der Waals surface area (Å²) in [5, 5.41) is 0. The van der Waals surface area contributed by atoms with Gasteiger partial charge in [-0.15, -0.1) is 0 Å². The van der Waals surface area contributed by atoms with Crippen molar-refractivity contribution in [1.29, 1.82) is 0 Å². The average molecular weight is 379 g/mol. The van der Waals surface area contributed by atoms with Gasteiger partial charge in [-0.25, -0.2) is 4.79 Å². The molecule has 0 unspecified atom stereocenters. The Bertz CT molecular complexity index is 835. The molecule has 1 heterocycles. The number of esters is 1. The SMILES string of the molecule is C[C@@H]1CCC[C@H](C)N1C(=O)COC(=O)c1ccc(C(=O)c2ccccc2)cc1. The van der Waals surface area contributed by atoms with Crippen LogP contribution in [-0.2, 0) is 9.53 Å². The van der Waals surface area contributed by atoms with Gasteiger partial charge in [0.25, 0.3) is 5.91 Å². The summed E-state index contributed by atoms with van der Waals surface area (Å²) in [5.74, 6) is -0.836. The first kappa shape index (κ1) is 19.8. The Balaban J connectivity index is 1.59. The molecule has 5 heteroatoms. The molecule has 3 rings (SSSR count). The van der Waals surface area contributed by atoms with Gasteiger partial charge in [0.15, 0.2) is 12.4 Å². The first-order chi connectivity index (χ1) is 13.5. The minimum Gasteiger partial charge on any atom is -0.452 e. The molecule has 0 saturated carbocycles. The second kappa shape index (κ2) is 8.83. The summed E-state index contributed by atoms with van der Waals surface area (Å²) >= 11 is 0. The van der Waals surface area contributed by atoms with Gasteiger partial charge in [-0.3, -0.25) is 9.59 Å². The first-order valence-electron chi connectivity index (χ1n) is 9.65. The van der Waals surface area contributed by atoms with Crippen molar-refractivity contribution in [2.45, 2.75) is 45.2 Å². The molecule has 146 valence electrons. The lowest BCUT2D eigenvalue weighted by atomic mass is 9.97. The molecule has 1 aliphatic heterocycles. The Labute approximate surface area is 165 Å². The van der Waals surface area contributed by atoms with Gasteiger partial charge in [0.05, 0.1) is 5.56 Å². The van der Waals surface area contributed by atoms with Crippen LogP contribution in [0.3, 0.4) is 0 Å². The van der Waals surface area contributed by atoms with Crippen molar-refractivity contribution in [1.82, 2.24) is 4.90 Å². The van der Waals surface area contributed by atoms with Crippen LogP contribution >= 0.6 is 0 Å². The molecule has 1 fully saturated rings. The fraction of sp³-hybridized carbons (Fsp3) is 0.348. The van der Waals surface area contributed by atoms with Gasteiger partial charge in [0, 0.05) is 23.2 Å². The third-order valence-electron chi connectivity index (χ3n) is 5.23. The Kier molecular flexibility index (Phi) is 6.24. The van der Waals surface area contributed by atoms with E-state index >= 15 is 0 Å². The van der Waals surface area contributed by atoms with E-state index in [2.05, 4.69) is 0 Å². The largest absolute Gasteiger partial charge is 0.452 e. The van der Waals surface area contributed by atoms with Gasteiger partial charge in [0.1, 0.15) is 0 Å². The van der Waals surface area contributed by atoms with Crippen molar-refractivity contribution in [3.8, 4) is 0 Å². The van der Waals surface area contributed by atoms with E-state index in [0.29, 0.717) is 16.7 Å². The molecule has 1 saturated heterocycles. The number of carbonyl (C=O) groups excluding carboxylic acids is 3. The van der Waals surface area contributed by atoms with Crippen molar-refractivity contribution in [3.63, 3.8) is 0 Å². The minimum atomic E-state index is -0.565. The molecular formula is C23H25NO4. The van der Waals surface area contributed by atoms with E-state index in [-0.39, 0.29) is 30.4 Å². The van der Waals surface area contributed by atoms with Gasteiger partial charge in [-0.05, 0) is 45.2 Å². The van der Waals surface area contributed by atoms with Crippen LogP contribution in [0.5, 0.6) is 0 Å². The molecule has 0 spiro atoms. The Hall–Kier alpha value is -2.95. The first-order valence-corrected chi connectivity index (χ1v) is 9.65. The van der Waals surface area contributed by atoms with Crippen LogP contribution in [0.15, 0.2) is 54.6 Å². The lowest BCUT2D eigenvalue weighted by Gasteiger charge is -2.38. The summed E-state index contributed by atoms with van der Waals surface area (Å²) in [5.41, 5.74) is 1.40. The molecule has 0 N–H and O–H groups in total. The van der Waals surface area contributed by atoms with E-state index in [1.165, 1.54) is 0 Å². The number of ether oxygens (including phenoxy) is 1. The molecule has 0 aromatic heterocycles. The normalized spacial score (nSPS) is 19.1. The van der Waals surface area contributed by atoms with Crippen LogP contribution in [-0.4, -0.2) is 41.3 Å². The standard InChI is InChI=1S/C23H25NO4/c1-16-7-6-8-17(2)24(16)21(25)15-28-23(27)20-13-11-19(12-14-20)22(26)18-9-4-3-5-10-18/h3-5,9-14,16-17H,6-8,15H2,1-2H3/t16-,17+. The zero-order valence-corrected chi connectivity index (χ0v) is 16.3. The number of carbonyl (C=O) groups is 3. The zero-order chi connectivity index (χ0) is 20.1. The summed E-state index contributed by atoms with van der Waals surface area (Å²) in [6.07, 6.45) is 3.06. The molecule has 0 aliphatic carbocycles. The Morgan fingerprint density at radius 1 is 0.857 bits per heavy atom. The zero-order valence-electron chi connectivity index (χ0n) is 16.3. The highest BCUT2D eigenvalue weighted by molar-refractivity contribution is 6.09. The summed E-state index contributed by atoms with van der Waals surface area (Å²) in [7, 11) is 0. The molecular weight excluding hydrogens is 354 g/mol. The van der Waals surface area contributed by atoms with E-state index in [1.54, 1.807) is 48.5 Å². The highest BCUT2D eigenvalue weighted by atomic mass is 16.5. The Morgan fingerprint density at radius 2 is 1.39 bits per heavy atom. The average Bonchev–Trinajstić information content (AvgIpc) is 2.72. The van der Waals surface area contributed by atoms with E-state index in [4.69, 9.17) is 4.74 Å². The number of benzene rings is 2. The number of rotatable bonds is 5. The van der Waals surface area contributed by atoms with Gasteiger partial charge < -0.3 is 9.64 Å². The maximum Gasteiger partial charge on any atom is 0.338 e. The smallest absolute Gasteiger partial charge is 0.338 e. The van der Waals surface area contributed by atoms with Crippen molar-refractivity contribution in [2.75, 3.05) is 6.61 Å². The second-order valence-corrected chi connectivity index (χ2v) is 7.28. The van der Waals surface area contributed by atoms with Crippen LogP contribution in [0.2, 0.25) is 0 Å². The third-order valence-corrected chi connectivity index (χ3v) is 5.23. The highest BCUT2D eigenvalue weighted by Gasteiger charge is 2.29. The quantitative estimate of drug-likeness (QED) is 0.584. The molecule has 2 atom stereocenters. The van der Waals surface area contributed by atoms with Gasteiger partial charge in [0.2, 0.25) is 0 Å². The topological polar surface area (TPSA) is 63.7 Å². The van der Waals surface area contributed by atoms with Crippen LogP contribution in [0, 0.1) is 0 Å². The fourth-order valence-electron chi connectivity index (χ4n) is 3.71. The number of nitrogens with zero attached hydrogens (tertiary/aromatic N) is 1. The van der Waals surface area contributed by atoms with E-state index in [0.717, 1.165) is 19.3 Å². The molecule has 1 aliphatic rings. The molecule has 2 aromatic carbocycles. The summed E-state index contributed by atoms with van der Waals surface area (Å²) in [6.45, 7) is 3.79. The van der Waals surface area contributed by atoms with Gasteiger partial charge >= 0.3 is 5.97 Å². The maximum atomic E-state index is 12.5. The third kappa shape index (κ3) is 4.47. The molecule has 0 bridgehead atoms. The second-order valence-electron chi connectivity index (χ2n) is 7.28. The molecule has 1 amide bonds. The predicted octanol–water partition coefficient (Wildman–Crippen LogP) is 3.86. The monoisotopic (exact) mass is 379 g/mol. The number of likely N-dealkylation sites (tertiary alicyclic amines) is 1. The molecule has 2 aromatic rings. The summed E-state index contributed by atoms with van der Waals surface area (Å²) in [6, 6.07) is 15.6. The van der Waals surface area contributed by atoms with E-state index < -0.39 is 5.97 Å². The minimum absolute atomic E-state index is 0.108. The van der Waals surface area contributed by atoms with E-state index in [9.17, 15) is 14.4 Å². The highest BCUT2D eigenvalue weighted by Crippen LogP contribution is 2.22. The molecule has 0 radical (unpaired) electrons. The lowest BCUT2D eigenvalue weighted by molar-refractivity contribution is -0.140.